The summed E-state index contributed by atoms with van der Waals surface area (Å²) in [6.07, 6.45) is 2.09. The molecular weight excluding hydrogens is 328 g/mol. The van der Waals surface area contributed by atoms with Crippen LogP contribution in [0.25, 0.3) is 0 Å². The molecule has 0 heterocycles. The Kier molecular flexibility index (Phi) is 8.33. The maximum absolute atomic E-state index is 11.9. The van der Waals surface area contributed by atoms with Gasteiger partial charge < -0.3 is 19.7 Å². The van der Waals surface area contributed by atoms with Gasteiger partial charge in [-0.05, 0) is 49.2 Å². The first kappa shape index (κ1) is 19.6. The maximum Gasteiger partial charge on any atom is 0.220 e. The third-order valence-corrected chi connectivity index (χ3v) is 4.07. The number of para-hydroxylation sites is 1. The first-order valence-electron chi connectivity index (χ1n) is 8.99. The molecule has 1 N–H and O–H groups in total. The van der Waals surface area contributed by atoms with Crippen molar-refractivity contribution in [1.29, 1.82) is 0 Å². The summed E-state index contributed by atoms with van der Waals surface area (Å²) in [4.78, 5) is 14.0. The van der Waals surface area contributed by atoms with Crippen molar-refractivity contribution in [2.45, 2.75) is 19.3 Å². The molecule has 0 fully saturated rings. The summed E-state index contributed by atoms with van der Waals surface area (Å²) in [7, 11) is 3.70. The monoisotopic (exact) mass is 356 g/mol. The van der Waals surface area contributed by atoms with Crippen LogP contribution in [0.1, 0.15) is 19.3 Å². The Balaban J connectivity index is 1.52. The molecule has 0 spiro atoms. The Bertz CT molecular complexity index is 644. The molecule has 26 heavy (non-hydrogen) atoms. The highest BCUT2D eigenvalue weighted by molar-refractivity contribution is 5.75. The Labute approximate surface area is 155 Å². The summed E-state index contributed by atoms with van der Waals surface area (Å²) in [6, 6.07) is 17.7. The number of amides is 1. The molecule has 2 rings (SSSR count). The van der Waals surface area contributed by atoms with Gasteiger partial charge in [0.15, 0.2) is 0 Å². The molecular formula is C21H28N2O3. The van der Waals surface area contributed by atoms with Crippen LogP contribution in [0, 0.1) is 0 Å². The normalized spacial score (nSPS) is 10.2. The lowest BCUT2D eigenvalue weighted by molar-refractivity contribution is -0.121. The van der Waals surface area contributed by atoms with Gasteiger partial charge in [0, 0.05) is 32.2 Å². The van der Waals surface area contributed by atoms with E-state index in [2.05, 4.69) is 29.4 Å². The molecule has 5 heteroatoms. The molecule has 0 saturated heterocycles. The fourth-order valence-electron chi connectivity index (χ4n) is 2.54. The number of anilines is 1. The van der Waals surface area contributed by atoms with E-state index < -0.39 is 0 Å². The van der Waals surface area contributed by atoms with Gasteiger partial charge >= 0.3 is 0 Å². The van der Waals surface area contributed by atoms with Crippen molar-refractivity contribution in [1.82, 2.24) is 5.32 Å². The molecule has 0 aliphatic carbocycles. The number of benzene rings is 2. The Hall–Kier alpha value is -2.69. The van der Waals surface area contributed by atoms with Crippen molar-refractivity contribution in [2.75, 3.05) is 38.8 Å². The van der Waals surface area contributed by atoms with E-state index in [1.165, 1.54) is 5.69 Å². The minimum Gasteiger partial charge on any atom is -0.497 e. The number of nitrogens with zero attached hydrogens (tertiary/aromatic N) is 1. The fraction of sp³-hybridized carbons (Fsp3) is 0.381. The second kappa shape index (κ2) is 11.0. The predicted molar refractivity (Wildman–Crippen MR) is 105 cm³/mol. The molecule has 0 aromatic heterocycles. The summed E-state index contributed by atoms with van der Waals surface area (Å²) >= 11 is 0. The lowest BCUT2D eigenvalue weighted by atomic mass is 10.2. The highest BCUT2D eigenvalue weighted by atomic mass is 16.5. The summed E-state index contributed by atoms with van der Waals surface area (Å²) in [5, 5.41) is 2.97. The highest BCUT2D eigenvalue weighted by Crippen LogP contribution is 2.17. The van der Waals surface area contributed by atoms with Gasteiger partial charge in [-0.25, -0.2) is 0 Å². The van der Waals surface area contributed by atoms with Crippen molar-refractivity contribution in [3.8, 4) is 11.5 Å². The van der Waals surface area contributed by atoms with Gasteiger partial charge in [-0.1, -0.05) is 18.2 Å². The summed E-state index contributed by atoms with van der Waals surface area (Å²) in [6.45, 7) is 2.12. The highest BCUT2D eigenvalue weighted by Gasteiger charge is 2.03. The SMILES string of the molecule is COc1ccc(OCCCC(=O)NCCCN(C)c2ccccc2)cc1. The minimum atomic E-state index is 0.0747. The van der Waals surface area contributed by atoms with E-state index in [1.807, 2.05) is 42.5 Å². The van der Waals surface area contributed by atoms with E-state index in [1.54, 1.807) is 7.11 Å². The first-order chi connectivity index (χ1) is 12.7. The molecule has 2 aromatic carbocycles. The molecule has 1 amide bonds. The smallest absolute Gasteiger partial charge is 0.220 e. The molecule has 0 aliphatic rings. The van der Waals surface area contributed by atoms with Gasteiger partial charge in [0.2, 0.25) is 5.91 Å². The quantitative estimate of drug-likeness (QED) is 0.626. The number of rotatable bonds is 11. The van der Waals surface area contributed by atoms with E-state index in [-0.39, 0.29) is 5.91 Å². The zero-order valence-corrected chi connectivity index (χ0v) is 15.6. The number of hydrogen-bond donors (Lipinski definition) is 1. The molecule has 2 aromatic rings. The zero-order valence-electron chi connectivity index (χ0n) is 15.6. The second-order valence-corrected chi connectivity index (χ2v) is 6.09. The Morgan fingerprint density at radius 2 is 1.69 bits per heavy atom. The predicted octanol–water partition coefficient (Wildman–Crippen LogP) is 3.50. The van der Waals surface area contributed by atoms with Crippen LogP contribution in [0.3, 0.4) is 0 Å². The number of methoxy groups -OCH3 is 1. The van der Waals surface area contributed by atoms with Gasteiger partial charge in [-0.3, -0.25) is 4.79 Å². The number of hydrogen-bond acceptors (Lipinski definition) is 4. The number of nitrogens with one attached hydrogen (secondary N) is 1. The van der Waals surface area contributed by atoms with Crippen LogP contribution in [-0.2, 0) is 4.79 Å². The van der Waals surface area contributed by atoms with E-state index in [9.17, 15) is 4.79 Å². The summed E-state index contributed by atoms with van der Waals surface area (Å²) in [5.74, 6) is 1.66. The minimum absolute atomic E-state index is 0.0747. The van der Waals surface area contributed by atoms with Gasteiger partial charge in [-0.15, -0.1) is 0 Å². The number of carbonyl (C=O) groups excluding carboxylic acids is 1. The van der Waals surface area contributed by atoms with Crippen LogP contribution in [0.4, 0.5) is 5.69 Å². The van der Waals surface area contributed by atoms with Crippen molar-refractivity contribution < 1.29 is 14.3 Å². The van der Waals surface area contributed by atoms with Crippen molar-refractivity contribution in [3.63, 3.8) is 0 Å². The van der Waals surface area contributed by atoms with E-state index in [0.29, 0.717) is 26.0 Å². The molecule has 5 nitrogen and oxygen atoms in total. The summed E-state index contributed by atoms with van der Waals surface area (Å²) in [5.41, 5.74) is 1.19. The Morgan fingerprint density at radius 1 is 1.00 bits per heavy atom. The first-order valence-corrected chi connectivity index (χ1v) is 8.99. The average molecular weight is 356 g/mol. The van der Waals surface area contributed by atoms with Gasteiger partial charge in [0.25, 0.3) is 0 Å². The third-order valence-electron chi connectivity index (χ3n) is 4.07. The molecule has 0 bridgehead atoms. The fourth-order valence-corrected chi connectivity index (χ4v) is 2.54. The number of carbonyl (C=O) groups is 1. The van der Waals surface area contributed by atoms with Crippen LogP contribution in [0.5, 0.6) is 11.5 Å². The third kappa shape index (κ3) is 7.05. The molecule has 140 valence electrons. The van der Waals surface area contributed by atoms with Crippen LogP contribution in [-0.4, -0.2) is 39.8 Å². The maximum atomic E-state index is 11.9. The van der Waals surface area contributed by atoms with Crippen LogP contribution >= 0.6 is 0 Å². The molecule has 0 saturated carbocycles. The van der Waals surface area contributed by atoms with E-state index in [4.69, 9.17) is 9.47 Å². The van der Waals surface area contributed by atoms with Crippen LogP contribution < -0.4 is 19.7 Å². The molecule has 0 radical (unpaired) electrons. The van der Waals surface area contributed by atoms with Gasteiger partial charge in [-0.2, -0.15) is 0 Å². The van der Waals surface area contributed by atoms with E-state index >= 15 is 0 Å². The zero-order chi connectivity index (χ0) is 18.6. The molecule has 0 unspecified atom stereocenters. The lowest BCUT2D eigenvalue weighted by Crippen LogP contribution is -2.28. The molecule has 0 atom stereocenters. The summed E-state index contributed by atoms with van der Waals surface area (Å²) < 4.78 is 10.7. The van der Waals surface area contributed by atoms with Gasteiger partial charge in [0.1, 0.15) is 11.5 Å². The average Bonchev–Trinajstić information content (AvgIpc) is 2.69. The lowest BCUT2D eigenvalue weighted by Gasteiger charge is -2.19. The molecule has 0 aliphatic heterocycles. The second-order valence-electron chi connectivity index (χ2n) is 6.09. The van der Waals surface area contributed by atoms with Crippen molar-refractivity contribution in [3.05, 3.63) is 54.6 Å². The van der Waals surface area contributed by atoms with E-state index in [0.717, 1.165) is 24.5 Å². The van der Waals surface area contributed by atoms with Gasteiger partial charge in [0.05, 0.1) is 13.7 Å². The topological polar surface area (TPSA) is 50.8 Å². The standard InChI is InChI=1S/C21H28N2O3/c1-23(18-8-4-3-5-9-18)16-7-15-22-21(24)10-6-17-26-20-13-11-19(25-2)12-14-20/h3-5,8-9,11-14H,6-7,10,15-17H2,1-2H3,(H,22,24). The van der Waals surface area contributed by atoms with Crippen molar-refractivity contribution >= 4 is 11.6 Å². The number of ether oxygens (including phenoxy) is 2. The largest absolute Gasteiger partial charge is 0.497 e. The van der Waals surface area contributed by atoms with Crippen molar-refractivity contribution in [2.24, 2.45) is 0 Å². The van der Waals surface area contributed by atoms with Crippen LogP contribution in [0.2, 0.25) is 0 Å². The Morgan fingerprint density at radius 3 is 2.38 bits per heavy atom. The van der Waals surface area contributed by atoms with Crippen LogP contribution in [0.15, 0.2) is 54.6 Å².